The average molecular weight is 414 g/mol. The zero-order chi connectivity index (χ0) is 20.4. The smallest absolute Gasteiger partial charge is 0.434 e. The molecule has 0 atom stereocenters. The number of methoxy groups -OCH3 is 1. The number of alkyl halides is 3. The van der Waals surface area contributed by atoms with Crippen molar-refractivity contribution >= 4 is 17.3 Å². The minimum Gasteiger partial charge on any atom is -0.497 e. The topological polar surface area (TPSA) is 58.5 Å². The lowest BCUT2D eigenvalue weighted by molar-refractivity contribution is -0.140. The molecule has 1 aromatic heterocycles. The largest absolute Gasteiger partial charge is 0.497 e. The fourth-order valence-corrected chi connectivity index (χ4v) is 3.32. The zero-order valence-corrected chi connectivity index (χ0v) is 16.8. The van der Waals surface area contributed by atoms with E-state index in [0.717, 1.165) is 48.3 Å². The number of rotatable bonds is 9. The quantitative estimate of drug-likeness (QED) is 0.371. The molecule has 28 heavy (non-hydrogen) atoms. The second-order valence-corrected chi connectivity index (χ2v) is 7.05. The molecule has 0 saturated carbocycles. The summed E-state index contributed by atoms with van der Waals surface area (Å²) < 4.78 is 42.8. The average Bonchev–Trinajstić information content (AvgIpc) is 3.16. The number of thiazole rings is 1. The van der Waals surface area contributed by atoms with Crippen molar-refractivity contribution in [2.24, 2.45) is 4.99 Å². The number of aryl methyl sites for hydroxylation is 1. The Hall–Kier alpha value is -2.29. The first kappa shape index (κ1) is 22.0. The summed E-state index contributed by atoms with van der Waals surface area (Å²) in [5.74, 6) is 1.49. The van der Waals surface area contributed by atoms with Crippen LogP contribution in [0, 0.1) is 0 Å². The van der Waals surface area contributed by atoms with Gasteiger partial charge < -0.3 is 15.4 Å². The van der Waals surface area contributed by atoms with Crippen LogP contribution in [0.4, 0.5) is 13.2 Å². The highest BCUT2D eigenvalue weighted by Crippen LogP contribution is 2.29. The normalized spacial score (nSPS) is 12.1. The van der Waals surface area contributed by atoms with Crippen molar-refractivity contribution in [2.75, 3.05) is 27.2 Å². The van der Waals surface area contributed by atoms with E-state index in [-0.39, 0.29) is 0 Å². The van der Waals surface area contributed by atoms with Crippen molar-refractivity contribution in [1.82, 2.24) is 15.6 Å². The Kier molecular flexibility index (Phi) is 8.56. The minimum absolute atomic E-state index is 0.416. The molecule has 2 rings (SSSR count). The van der Waals surface area contributed by atoms with Gasteiger partial charge in [0.15, 0.2) is 11.7 Å². The molecule has 5 nitrogen and oxygen atoms in total. The van der Waals surface area contributed by atoms with Crippen molar-refractivity contribution in [3.63, 3.8) is 0 Å². The highest BCUT2D eigenvalue weighted by atomic mass is 32.1. The predicted octanol–water partition coefficient (Wildman–Crippen LogP) is 3.90. The summed E-state index contributed by atoms with van der Waals surface area (Å²) in [6.07, 6.45) is -0.961. The number of nitrogens with zero attached hydrogens (tertiary/aromatic N) is 2. The fourth-order valence-electron chi connectivity index (χ4n) is 2.52. The van der Waals surface area contributed by atoms with Crippen LogP contribution in [0.1, 0.15) is 29.1 Å². The number of guanidine groups is 1. The van der Waals surface area contributed by atoms with E-state index in [1.807, 2.05) is 12.1 Å². The van der Waals surface area contributed by atoms with Gasteiger partial charge >= 0.3 is 6.18 Å². The van der Waals surface area contributed by atoms with E-state index in [1.165, 1.54) is 5.56 Å². The Labute approximate surface area is 167 Å². The first-order valence-electron chi connectivity index (χ1n) is 9.01. The number of hydrogen-bond acceptors (Lipinski definition) is 4. The van der Waals surface area contributed by atoms with Gasteiger partial charge in [0.1, 0.15) is 5.75 Å². The zero-order valence-electron chi connectivity index (χ0n) is 16.0. The molecule has 0 amide bonds. The van der Waals surface area contributed by atoms with E-state index in [0.29, 0.717) is 23.9 Å². The standard InChI is InChI=1S/C19H25F3N4OS/c1-23-18(25-12-10-17-26-16(13-28-17)19(20,21)22)24-11-4-3-5-14-6-8-15(27-2)9-7-14/h6-9,13H,3-5,10-12H2,1-2H3,(H2,23,24,25). The lowest BCUT2D eigenvalue weighted by atomic mass is 10.1. The lowest BCUT2D eigenvalue weighted by Gasteiger charge is -2.11. The molecule has 1 aromatic carbocycles. The van der Waals surface area contributed by atoms with Crippen LogP contribution < -0.4 is 15.4 Å². The van der Waals surface area contributed by atoms with Crippen LogP contribution in [0.3, 0.4) is 0 Å². The van der Waals surface area contributed by atoms with Crippen molar-refractivity contribution in [1.29, 1.82) is 0 Å². The molecule has 0 aliphatic carbocycles. The van der Waals surface area contributed by atoms with E-state index >= 15 is 0 Å². The molecule has 0 fully saturated rings. The number of aromatic nitrogens is 1. The summed E-state index contributed by atoms with van der Waals surface area (Å²) in [7, 11) is 3.32. The van der Waals surface area contributed by atoms with Crippen molar-refractivity contribution in [3.8, 4) is 5.75 Å². The number of aliphatic imine (C=N–C) groups is 1. The first-order chi connectivity index (χ1) is 13.4. The summed E-state index contributed by atoms with van der Waals surface area (Å²) in [6.45, 7) is 1.24. The minimum atomic E-state index is -4.38. The van der Waals surface area contributed by atoms with Crippen LogP contribution >= 0.6 is 11.3 Å². The van der Waals surface area contributed by atoms with Crippen LogP contribution in [0.25, 0.3) is 0 Å². The maximum atomic E-state index is 12.5. The number of benzene rings is 1. The van der Waals surface area contributed by atoms with Crippen molar-refractivity contribution in [3.05, 3.63) is 45.9 Å². The van der Waals surface area contributed by atoms with Gasteiger partial charge in [-0.2, -0.15) is 13.2 Å². The summed E-state index contributed by atoms with van der Waals surface area (Å²) in [6, 6.07) is 8.05. The Morgan fingerprint density at radius 3 is 2.43 bits per heavy atom. The Morgan fingerprint density at radius 1 is 1.11 bits per heavy atom. The monoisotopic (exact) mass is 414 g/mol. The Bertz CT molecular complexity index is 744. The van der Waals surface area contributed by atoms with Gasteiger partial charge in [-0.1, -0.05) is 12.1 Å². The van der Waals surface area contributed by atoms with Gasteiger partial charge in [0.2, 0.25) is 0 Å². The molecule has 0 aliphatic heterocycles. The van der Waals surface area contributed by atoms with E-state index < -0.39 is 11.9 Å². The molecule has 0 aliphatic rings. The summed E-state index contributed by atoms with van der Waals surface area (Å²) >= 11 is 1.02. The lowest BCUT2D eigenvalue weighted by Crippen LogP contribution is -2.38. The van der Waals surface area contributed by atoms with Crippen LogP contribution in [-0.4, -0.2) is 38.2 Å². The van der Waals surface area contributed by atoms with Crippen LogP contribution in [0.2, 0.25) is 0 Å². The summed E-state index contributed by atoms with van der Waals surface area (Å²) in [5.41, 5.74) is 0.442. The van der Waals surface area contributed by atoms with Crippen molar-refractivity contribution < 1.29 is 17.9 Å². The summed E-state index contributed by atoms with van der Waals surface area (Å²) in [4.78, 5) is 7.74. The number of halogens is 3. The molecule has 0 unspecified atom stereocenters. The van der Waals surface area contributed by atoms with Gasteiger partial charge in [-0.3, -0.25) is 4.99 Å². The van der Waals surface area contributed by atoms with Gasteiger partial charge in [0, 0.05) is 31.9 Å². The van der Waals surface area contributed by atoms with Gasteiger partial charge in [0.25, 0.3) is 0 Å². The Balaban J connectivity index is 1.61. The number of ether oxygens (including phenoxy) is 1. The van der Waals surface area contributed by atoms with E-state index in [4.69, 9.17) is 4.74 Å². The summed E-state index contributed by atoms with van der Waals surface area (Å²) in [5, 5.41) is 7.81. The van der Waals surface area contributed by atoms with E-state index in [1.54, 1.807) is 14.2 Å². The number of nitrogens with one attached hydrogen (secondary N) is 2. The second kappa shape index (κ2) is 10.9. The highest BCUT2D eigenvalue weighted by molar-refractivity contribution is 7.09. The molecular formula is C19H25F3N4OS. The van der Waals surface area contributed by atoms with E-state index in [2.05, 4.69) is 32.7 Å². The molecule has 9 heteroatoms. The molecule has 1 heterocycles. The third-order valence-corrected chi connectivity index (χ3v) is 4.95. The maximum absolute atomic E-state index is 12.5. The molecule has 2 N–H and O–H groups in total. The SMILES string of the molecule is CN=C(NCCCCc1ccc(OC)cc1)NCCc1nc(C(F)(F)F)cs1. The van der Waals surface area contributed by atoms with Gasteiger partial charge in [-0.05, 0) is 37.0 Å². The molecule has 154 valence electrons. The predicted molar refractivity (Wildman–Crippen MR) is 106 cm³/mol. The van der Waals surface area contributed by atoms with Crippen molar-refractivity contribution in [2.45, 2.75) is 31.9 Å². The molecule has 0 bridgehead atoms. The Morgan fingerprint density at radius 2 is 1.82 bits per heavy atom. The third-order valence-electron chi connectivity index (χ3n) is 4.04. The first-order valence-corrected chi connectivity index (χ1v) is 9.89. The van der Waals surface area contributed by atoms with Gasteiger partial charge in [0.05, 0.1) is 12.1 Å². The molecule has 0 spiro atoms. The third kappa shape index (κ3) is 7.38. The van der Waals surface area contributed by atoms with Crippen LogP contribution in [0.15, 0.2) is 34.6 Å². The van der Waals surface area contributed by atoms with Gasteiger partial charge in [-0.15, -0.1) is 11.3 Å². The van der Waals surface area contributed by atoms with Crippen LogP contribution in [0.5, 0.6) is 5.75 Å². The van der Waals surface area contributed by atoms with E-state index in [9.17, 15) is 13.2 Å². The second-order valence-electron chi connectivity index (χ2n) is 6.11. The molecule has 0 radical (unpaired) electrons. The molecular weight excluding hydrogens is 389 g/mol. The number of hydrogen-bond donors (Lipinski definition) is 2. The molecule has 0 saturated heterocycles. The van der Waals surface area contributed by atoms with Gasteiger partial charge in [-0.25, -0.2) is 4.98 Å². The maximum Gasteiger partial charge on any atom is 0.434 e. The molecule has 2 aromatic rings. The fraction of sp³-hybridized carbons (Fsp3) is 0.474. The number of unbranched alkanes of at least 4 members (excludes halogenated alkanes) is 1. The van der Waals surface area contributed by atoms with Crippen LogP contribution in [-0.2, 0) is 19.0 Å². The highest BCUT2D eigenvalue weighted by Gasteiger charge is 2.33.